The molecule has 0 saturated heterocycles. The molecule has 2 nitrogen and oxygen atoms in total. The fourth-order valence-electron chi connectivity index (χ4n) is 3.02. The Morgan fingerprint density at radius 3 is 2.68 bits per heavy atom. The van der Waals surface area contributed by atoms with Crippen molar-refractivity contribution in [2.75, 3.05) is 0 Å². The molecule has 122 valence electrons. The predicted octanol–water partition coefficient (Wildman–Crippen LogP) is 5.68. The van der Waals surface area contributed by atoms with Crippen LogP contribution in [0, 0.1) is 11.3 Å². The number of hydrogen-bond donors (Lipinski definition) is 1. The Labute approximate surface area is 135 Å². The third-order valence-corrected chi connectivity index (χ3v) is 4.35. The first kappa shape index (κ1) is 18.5. The summed E-state index contributed by atoms with van der Waals surface area (Å²) < 4.78 is 0. The first-order chi connectivity index (χ1) is 10.2. The third kappa shape index (κ3) is 6.05. The van der Waals surface area contributed by atoms with E-state index < -0.39 is 5.97 Å². The summed E-state index contributed by atoms with van der Waals surface area (Å²) in [7, 11) is 0. The highest BCUT2D eigenvalue weighted by Crippen LogP contribution is 2.40. The van der Waals surface area contributed by atoms with Crippen LogP contribution in [0.5, 0.6) is 0 Å². The monoisotopic (exact) mass is 302 g/mol. The molecule has 0 bridgehead atoms. The highest BCUT2D eigenvalue weighted by Gasteiger charge is 2.26. The van der Waals surface area contributed by atoms with E-state index in [1.54, 1.807) is 0 Å². The molecular weight excluding hydrogens is 272 g/mol. The summed E-state index contributed by atoms with van der Waals surface area (Å²) >= 11 is 0. The number of carbonyl (C=O) groups is 1. The standard InChI is InChI=1S/C20H30O2/c1-15(8-6-9-16(2)14-19(21)22)11-12-18-17(3)10-7-13-20(18,4)5/h6,8-9,11-12,16H,7,10,13-14H2,1-5H3,(H,21,22)/b9-6+,12-11+,15-8+/t16-/m1/s1. The van der Waals surface area contributed by atoms with Crippen LogP contribution in [0.4, 0.5) is 0 Å². The molecule has 0 aromatic carbocycles. The van der Waals surface area contributed by atoms with Gasteiger partial charge in [0.2, 0.25) is 0 Å². The Morgan fingerprint density at radius 2 is 2.09 bits per heavy atom. The maximum absolute atomic E-state index is 10.6. The van der Waals surface area contributed by atoms with Gasteiger partial charge in [0.05, 0.1) is 6.42 Å². The van der Waals surface area contributed by atoms with Gasteiger partial charge in [-0.25, -0.2) is 0 Å². The Bertz CT molecular complexity index is 516. The quantitative estimate of drug-likeness (QED) is 0.641. The number of allylic oxidation sites excluding steroid dienone is 8. The van der Waals surface area contributed by atoms with Gasteiger partial charge in [0.1, 0.15) is 0 Å². The second kappa shape index (κ2) is 8.17. The zero-order valence-electron chi connectivity index (χ0n) is 14.6. The van der Waals surface area contributed by atoms with Gasteiger partial charge in [-0.15, -0.1) is 0 Å². The summed E-state index contributed by atoms with van der Waals surface area (Å²) in [5.74, 6) is -0.688. The molecule has 0 heterocycles. The molecule has 0 aromatic rings. The minimum absolute atomic E-state index is 0.0627. The summed E-state index contributed by atoms with van der Waals surface area (Å²) in [6.45, 7) is 10.9. The van der Waals surface area contributed by atoms with Crippen LogP contribution in [0.25, 0.3) is 0 Å². The van der Waals surface area contributed by atoms with Crippen LogP contribution in [-0.2, 0) is 4.79 Å². The highest BCUT2D eigenvalue weighted by atomic mass is 16.4. The topological polar surface area (TPSA) is 37.3 Å². The fraction of sp³-hybridized carbons (Fsp3) is 0.550. The summed E-state index contributed by atoms with van der Waals surface area (Å²) in [5, 5.41) is 8.73. The second-order valence-electron chi connectivity index (χ2n) is 7.14. The molecule has 0 saturated carbocycles. The smallest absolute Gasteiger partial charge is 0.303 e. The minimum atomic E-state index is -0.750. The molecule has 0 amide bonds. The first-order valence-electron chi connectivity index (χ1n) is 8.17. The molecule has 1 aliphatic rings. The average molecular weight is 302 g/mol. The molecular formula is C20H30O2. The van der Waals surface area contributed by atoms with Gasteiger partial charge in [-0.1, -0.05) is 62.3 Å². The number of aliphatic carboxylic acids is 1. The van der Waals surface area contributed by atoms with Gasteiger partial charge < -0.3 is 5.11 Å². The van der Waals surface area contributed by atoms with E-state index in [4.69, 9.17) is 5.11 Å². The van der Waals surface area contributed by atoms with Crippen molar-refractivity contribution in [2.24, 2.45) is 11.3 Å². The SMILES string of the molecule is CC1=C(/C=C/C(C)=C/C=C/[C@@H](C)CC(=O)O)C(C)(C)CCC1. The van der Waals surface area contributed by atoms with E-state index in [1.807, 2.05) is 25.2 Å². The molecule has 0 spiro atoms. The lowest BCUT2D eigenvalue weighted by Gasteiger charge is -2.32. The summed E-state index contributed by atoms with van der Waals surface area (Å²) in [4.78, 5) is 10.6. The van der Waals surface area contributed by atoms with Gasteiger partial charge in [-0.3, -0.25) is 4.79 Å². The van der Waals surface area contributed by atoms with Gasteiger partial charge in [0, 0.05) is 0 Å². The molecule has 1 atom stereocenters. The minimum Gasteiger partial charge on any atom is -0.481 e. The van der Waals surface area contributed by atoms with Crippen molar-refractivity contribution in [1.29, 1.82) is 0 Å². The molecule has 1 rings (SSSR count). The van der Waals surface area contributed by atoms with Crippen LogP contribution in [0.2, 0.25) is 0 Å². The van der Waals surface area contributed by atoms with Crippen LogP contribution in [-0.4, -0.2) is 11.1 Å². The van der Waals surface area contributed by atoms with E-state index in [9.17, 15) is 4.79 Å². The van der Waals surface area contributed by atoms with Crippen molar-refractivity contribution in [3.63, 3.8) is 0 Å². The summed E-state index contributed by atoms with van der Waals surface area (Å²) in [5.41, 5.74) is 4.42. The van der Waals surface area contributed by atoms with Gasteiger partial charge in [-0.2, -0.15) is 0 Å². The Morgan fingerprint density at radius 1 is 1.41 bits per heavy atom. The zero-order valence-corrected chi connectivity index (χ0v) is 14.6. The highest BCUT2D eigenvalue weighted by molar-refractivity contribution is 5.67. The third-order valence-electron chi connectivity index (χ3n) is 4.35. The maximum atomic E-state index is 10.6. The van der Waals surface area contributed by atoms with Gasteiger partial charge in [-0.05, 0) is 50.0 Å². The predicted molar refractivity (Wildman–Crippen MR) is 93.8 cm³/mol. The molecule has 22 heavy (non-hydrogen) atoms. The van der Waals surface area contributed by atoms with E-state index in [0.29, 0.717) is 0 Å². The molecule has 0 fully saturated rings. The lowest BCUT2D eigenvalue weighted by atomic mass is 9.72. The Hall–Kier alpha value is -1.57. The van der Waals surface area contributed by atoms with Crippen LogP contribution in [0.3, 0.4) is 0 Å². The molecule has 1 N–H and O–H groups in total. The van der Waals surface area contributed by atoms with Gasteiger partial charge >= 0.3 is 5.97 Å². The average Bonchev–Trinajstić information content (AvgIpc) is 2.36. The number of carboxylic acid groups (broad SMARTS) is 1. The van der Waals surface area contributed by atoms with Crippen LogP contribution < -0.4 is 0 Å². The summed E-state index contributed by atoms with van der Waals surface area (Å²) in [6.07, 6.45) is 14.3. The summed E-state index contributed by atoms with van der Waals surface area (Å²) in [6, 6.07) is 0. The van der Waals surface area contributed by atoms with Crippen molar-refractivity contribution >= 4 is 5.97 Å². The maximum Gasteiger partial charge on any atom is 0.303 e. The van der Waals surface area contributed by atoms with Crippen LogP contribution in [0.15, 0.2) is 47.1 Å². The second-order valence-corrected chi connectivity index (χ2v) is 7.14. The lowest BCUT2D eigenvalue weighted by Crippen LogP contribution is -2.19. The fourth-order valence-corrected chi connectivity index (χ4v) is 3.02. The van der Waals surface area contributed by atoms with Crippen LogP contribution >= 0.6 is 0 Å². The lowest BCUT2D eigenvalue weighted by molar-refractivity contribution is -0.137. The van der Waals surface area contributed by atoms with E-state index in [2.05, 4.69) is 39.8 Å². The van der Waals surface area contributed by atoms with Gasteiger partial charge in [0.15, 0.2) is 0 Å². The normalized spacial score (nSPS) is 20.9. The van der Waals surface area contributed by atoms with E-state index >= 15 is 0 Å². The molecule has 0 aliphatic heterocycles. The molecule has 0 radical (unpaired) electrons. The number of rotatable bonds is 6. The van der Waals surface area contributed by atoms with Crippen molar-refractivity contribution in [2.45, 2.75) is 60.3 Å². The van der Waals surface area contributed by atoms with Crippen molar-refractivity contribution in [3.8, 4) is 0 Å². The van der Waals surface area contributed by atoms with Crippen molar-refractivity contribution in [3.05, 3.63) is 47.1 Å². The zero-order chi connectivity index (χ0) is 16.8. The Kier molecular flexibility index (Phi) is 6.86. The van der Waals surface area contributed by atoms with E-state index in [-0.39, 0.29) is 17.8 Å². The molecule has 2 heteroatoms. The van der Waals surface area contributed by atoms with E-state index in [0.717, 1.165) is 0 Å². The molecule has 0 unspecified atom stereocenters. The van der Waals surface area contributed by atoms with E-state index in [1.165, 1.54) is 36.0 Å². The van der Waals surface area contributed by atoms with Crippen molar-refractivity contribution < 1.29 is 9.90 Å². The van der Waals surface area contributed by atoms with Crippen molar-refractivity contribution in [1.82, 2.24) is 0 Å². The largest absolute Gasteiger partial charge is 0.481 e. The molecule has 1 aliphatic carbocycles. The molecule has 0 aromatic heterocycles. The first-order valence-corrected chi connectivity index (χ1v) is 8.17. The Balaban J connectivity index is 2.71. The van der Waals surface area contributed by atoms with Gasteiger partial charge in [0.25, 0.3) is 0 Å². The van der Waals surface area contributed by atoms with Crippen LogP contribution in [0.1, 0.15) is 60.3 Å². The number of carboxylic acids is 1. The number of hydrogen-bond acceptors (Lipinski definition) is 1.